The molecule has 4 nitrogen and oxygen atoms in total. The van der Waals surface area contributed by atoms with E-state index in [4.69, 9.17) is 5.26 Å². The minimum Gasteiger partial charge on any atom is -0.348 e. The summed E-state index contributed by atoms with van der Waals surface area (Å²) in [6.07, 6.45) is 1.72. The monoisotopic (exact) mass is 418 g/mol. The molecule has 10 heteroatoms. The van der Waals surface area contributed by atoms with Crippen LogP contribution in [0.15, 0.2) is 58.4 Å². The van der Waals surface area contributed by atoms with Crippen molar-refractivity contribution in [2.45, 2.75) is 11.4 Å². The maximum absolute atomic E-state index is 13.0. The summed E-state index contributed by atoms with van der Waals surface area (Å²) in [6.45, 7) is 0.393. The summed E-state index contributed by atoms with van der Waals surface area (Å²) < 4.78 is 65.1. The van der Waals surface area contributed by atoms with Crippen molar-refractivity contribution in [3.05, 3.63) is 54.1 Å². The first kappa shape index (κ1) is 21.5. The summed E-state index contributed by atoms with van der Waals surface area (Å²) in [4.78, 5) is 5.22. The van der Waals surface area contributed by atoms with Crippen molar-refractivity contribution >= 4 is 16.2 Å². The van der Waals surface area contributed by atoms with Crippen LogP contribution >= 0.6 is 10.2 Å². The molecule has 0 saturated carbocycles. The number of hydrogen-bond donors (Lipinski definition) is 0. The molecule has 0 aliphatic heterocycles. The van der Waals surface area contributed by atoms with Crippen LogP contribution in [0.4, 0.5) is 19.4 Å². The lowest BCUT2D eigenvalue weighted by molar-refractivity contribution is 0.364. The molecule has 0 aliphatic rings. The molecule has 0 fully saturated rings. The Morgan fingerprint density at radius 2 is 1.57 bits per heavy atom. The molecule has 0 N–H and O–H groups in total. The highest BCUT2D eigenvalue weighted by Gasteiger charge is 2.65. The fourth-order valence-corrected chi connectivity index (χ4v) is 3.32. The molecule has 0 bridgehead atoms. The number of nitrogens with zero attached hydrogens (tertiary/aromatic N) is 4. The van der Waals surface area contributed by atoms with Crippen LogP contribution in [-0.4, -0.2) is 36.9 Å². The molecule has 0 unspecified atom stereocenters. The summed E-state index contributed by atoms with van der Waals surface area (Å²) >= 11 is 0. The van der Waals surface area contributed by atoms with E-state index < -0.39 is 15.1 Å². The van der Waals surface area contributed by atoms with Crippen LogP contribution in [0, 0.1) is 11.5 Å². The molecular formula is C18H19F5N4S. The minimum absolute atomic E-state index is 0.0469. The van der Waals surface area contributed by atoms with E-state index in [1.165, 1.54) is 6.07 Å². The van der Waals surface area contributed by atoms with Gasteiger partial charge in [-0.15, -0.1) is 4.99 Å². The van der Waals surface area contributed by atoms with Gasteiger partial charge in [0, 0.05) is 27.7 Å². The van der Waals surface area contributed by atoms with E-state index in [0.717, 1.165) is 11.6 Å². The van der Waals surface area contributed by atoms with Gasteiger partial charge in [-0.2, -0.15) is 5.26 Å². The molecule has 2 aromatic carbocycles. The first-order valence-corrected chi connectivity index (χ1v) is 9.95. The maximum atomic E-state index is 13.0. The number of nitriles is 1. The van der Waals surface area contributed by atoms with Crippen molar-refractivity contribution in [2.24, 2.45) is 4.99 Å². The smallest absolute Gasteiger partial charge is 0.310 e. The lowest BCUT2D eigenvalue weighted by Gasteiger charge is -2.40. The lowest BCUT2D eigenvalue weighted by atomic mass is 10.0. The Morgan fingerprint density at radius 1 is 0.964 bits per heavy atom. The zero-order chi connectivity index (χ0) is 21.2. The van der Waals surface area contributed by atoms with Crippen LogP contribution in [0.3, 0.4) is 0 Å². The quantitative estimate of drug-likeness (QED) is 0.271. The summed E-state index contributed by atoms with van der Waals surface area (Å²) in [5.74, 6) is 0.440. The Morgan fingerprint density at radius 3 is 2.07 bits per heavy atom. The Balaban J connectivity index is 2.27. The summed E-state index contributed by atoms with van der Waals surface area (Å²) in [5.41, 5.74) is 1.24. The van der Waals surface area contributed by atoms with Crippen molar-refractivity contribution in [3.63, 3.8) is 0 Å². The van der Waals surface area contributed by atoms with Gasteiger partial charge in [-0.1, -0.05) is 55.8 Å². The maximum Gasteiger partial charge on any atom is 0.310 e. The number of guanidine groups is 1. The first-order chi connectivity index (χ1) is 12.7. The summed E-state index contributed by atoms with van der Waals surface area (Å²) in [6, 6.07) is 9.63. The van der Waals surface area contributed by atoms with E-state index in [0.29, 0.717) is 30.2 Å². The van der Waals surface area contributed by atoms with Gasteiger partial charge in [0.15, 0.2) is 0 Å². The van der Waals surface area contributed by atoms with Crippen LogP contribution in [0.1, 0.15) is 5.56 Å². The van der Waals surface area contributed by atoms with Crippen LogP contribution in [0.5, 0.6) is 0 Å². The van der Waals surface area contributed by atoms with Crippen molar-refractivity contribution < 1.29 is 19.4 Å². The fraction of sp³-hybridized carbons (Fsp3) is 0.222. The largest absolute Gasteiger partial charge is 0.348 e. The van der Waals surface area contributed by atoms with Crippen molar-refractivity contribution in [1.29, 1.82) is 5.26 Å². The molecule has 2 rings (SSSR count). The second kappa shape index (κ2) is 6.67. The zero-order valence-corrected chi connectivity index (χ0v) is 16.2. The molecule has 0 aromatic heterocycles. The van der Waals surface area contributed by atoms with Crippen LogP contribution in [0.25, 0.3) is 11.1 Å². The van der Waals surface area contributed by atoms with Crippen LogP contribution in [-0.2, 0) is 6.54 Å². The van der Waals surface area contributed by atoms with E-state index in [9.17, 15) is 19.4 Å². The minimum atomic E-state index is -9.72. The number of hydrogen-bond acceptors (Lipinski definition) is 2. The molecule has 28 heavy (non-hydrogen) atoms. The predicted octanol–water partition coefficient (Wildman–Crippen LogP) is 5.84. The molecular weight excluding hydrogens is 399 g/mol. The average Bonchev–Trinajstić information content (AvgIpc) is 2.58. The van der Waals surface area contributed by atoms with Crippen LogP contribution < -0.4 is 0 Å². The summed E-state index contributed by atoms with van der Waals surface area (Å²) in [5, 5.41) is 8.76. The zero-order valence-electron chi connectivity index (χ0n) is 15.4. The molecule has 0 aliphatic carbocycles. The topological polar surface area (TPSA) is 42.6 Å². The van der Waals surface area contributed by atoms with Gasteiger partial charge in [0.1, 0.15) is 4.90 Å². The average molecular weight is 418 g/mol. The van der Waals surface area contributed by atoms with Gasteiger partial charge in [-0.3, -0.25) is 0 Å². The lowest BCUT2D eigenvalue weighted by Crippen LogP contribution is -2.37. The van der Waals surface area contributed by atoms with Crippen molar-refractivity contribution in [3.8, 4) is 17.3 Å². The van der Waals surface area contributed by atoms with Gasteiger partial charge < -0.3 is 9.80 Å². The highest BCUT2D eigenvalue weighted by atomic mass is 32.5. The van der Waals surface area contributed by atoms with E-state index in [1.807, 2.05) is 0 Å². The second-order valence-corrected chi connectivity index (χ2v) is 8.87. The SMILES string of the molecule is CN(C)C(=NC#N)N(C)Cc1ccc(-c2cccc(S(F)(F)(F)(F)F)c2)cc1. The van der Waals surface area contributed by atoms with Crippen molar-refractivity contribution in [2.75, 3.05) is 21.1 Å². The third kappa shape index (κ3) is 5.36. The molecule has 0 spiro atoms. The number of halogens is 5. The third-order valence-corrected chi connectivity index (χ3v) is 5.02. The molecule has 0 atom stereocenters. The number of aliphatic imine (C=N–C) groups is 1. The molecule has 0 amide bonds. The highest BCUT2D eigenvalue weighted by molar-refractivity contribution is 8.45. The standard InChI is InChI=1S/C18H19F5N4S/c1-26(2)18(25-13-24)27(3)12-14-7-9-15(10-8-14)16-5-4-6-17(11-16)28(19,20,21,22)23/h4-11H,12H2,1-3H3. The Bertz CT molecular complexity index is 932. The molecule has 0 radical (unpaired) electrons. The predicted molar refractivity (Wildman–Crippen MR) is 101 cm³/mol. The van der Waals surface area contributed by atoms with Gasteiger partial charge >= 0.3 is 10.2 Å². The van der Waals surface area contributed by atoms with Gasteiger partial charge in [0.25, 0.3) is 0 Å². The van der Waals surface area contributed by atoms with E-state index in [2.05, 4.69) is 4.99 Å². The highest BCUT2D eigenvalue weighted by Crippen LogP contribution is 3.02. The normalized spacial score (nSPS) is 14.6. The Labute approximate surface area is 160 Å². The second-order valence-electron chi connectivity index (χ2n) is 6.46. The van der Waals surface area contributed by atoms with Gasteiger partial charge in [-0.05, 0) is 28.8 Å². The van der Waals surface area contributed by atoms with E-state index in [1.54, 1.807) is 61.4 Å². The van der Waals surface area contributed by atoms with Gasteiger partial charge in [0.05, 0.1) is 0 Å². The van der Waals surface area contributed by atoms with E-state index in [-0.39, 0.29) is 5.56 Å². The molecule has 0 saturated heterocycles. The first-order valence-electron chi connectivity index (χ1n) is 8.00. The van der Waals surface area contributed by atoms with E-state index >= 15 is 0 Å². The number of rotatable bonds is 4. The Kier molecular flexibility index (Phi) is 5.12. The summed E-state index contributed by atoms with van der Waals surface area (Å²) in [7, 11) is -4.51. The van der Waals surface area contributed by atoms with Gasteiger partial charge in [0.2, 0.25) is 12.2 Å². The number of benzene rings is 2. The fourth-order valence-electron chi connectivity index (χ4n) is 2.63. The molecule has 2 aromatic rings. The van der Waals surface area contributed by atoms with Gasteiger partial charge in [-0.25, -0.2) is 0 Å². The van der Waals surface area contributed by atoms with Crippen molar-refractivity contribution in [1.82, 2.24) is 9.80 Å². The molecule has 152 valence electrons. The third-order valence-electron chi connectivity index (χ3n) is 3.88. The van der Waals surface area contributed by atoms with Crippen LogP contribution in [0.2, 0.25) is 0 Å². The Hall–Kier alpha value is -2.80. The molecule has 0 heterocycles.